The number of aromatic nitrogens is 1. The molecule has 1 N–H and O–H groups in total. The van der Waals surface area contributed by atoms with Gasteiger partial charge in [0.05, 0.1) is 13.2 Å². The minimum Gasteiger partial charge on any atom is -0.379 e. The first-order valence-corrected chi connectivity index (χ1v) is 10.4. The zero-order valence-corrected chi connectivity index (χ0v) is 18.3. The highest BCUT2D eigenvalue weighted by Crippen LogP contribution is 2.34. The maximum Gasteiger partial charge on any atom is 0.254 e. The molecule has 1 atom stereocenters. The highest BCUT2D eigenvalue weighted by molar-refractivity contribution is 6.69. The van der Waals surface area contributed by atoms with E-state index in [0.29, 0.717) is 25.2 Å². The molecule has 1 unspecified atom stereocenters. The summed E-state index contributed by atoms with van der Waals surface area (Å²) >= 11 is 18.4. The van der Waals surface area contributed by atoms with Crippen LogP contribution < -0.4 is 5.32 Å². The predicted molar refractivity (Wildman–Crippen MR) is 114 cm³/mol. The summed E-state index contributed by atoms with van der Waals surface area (Å²) in [7, 11) is 0. The fraction of sp³-hybridized carbons (Fsp3) is 0.526. The number of rotatable bonds is 9. The maximum atomic E-state index is 13.2. The summed E-state index contributed by atoms with van der Waals surface area (Å²) < 4.78 is 3.34. The number of ether oxygens (including phenoxy) is 1. The quantitative estimate of drug-likeness (QED) is 0.449. The molecule has 0 aromatic carbocycles. The Balaban J connectivity index is 2.21. The van der Waals surface area contributed by atoms with Crippen LogP contribution in [0.3, 0.4) is 0 Å². The lowest BCUT2D eigenvalue weighted by molar-refractivity contribution is -0.125. The minimum absolute atomic E-state index is 0.196. The van der Waals surface area contributed by atoms with Crippen molar-refractivity contribution in [3.05, 3.63) is 42.7 Å². The van der Waals surface area contributed by atoms with Gasteiger partial charge >= 0.3 is 0 Å². The van der Waals surface area contributed by atoms with Crippen LogP contribution >= 0.6 is 34.8 Å². The van der Waals surface area contributed by atoms with Crippen molar-refractivity contribution in [3.8, 4) is 0 Å². The van der Waals surface area contributed by atoms with Crippen molar-refractivity contribution in [2.75, 3.05) is 45.9 Å². The standard InChI is InChI=1S/C19H25Cl3N4O3/c1-2-6-24-17(27)16(19(20,21)22)26(18(28)15-4-7-23-8-5-15)10-3-9-25-11-13-29-14-12-25/h2,4-5,7-8,16H,1,3,6,9-14H2,(H,24,27). The normalized spacial score (nSPS) is 16.1. The fourth-order valence-corrected chi connectivity index (χ4v) is 3.68. The minimum atomic E-state index is -2.01. The molecule has 0 radical (unpaired) electrons. The highest BCUT2D eigenvalue weighted by Gasteiger charge is 2.44. The van der Waals surface area contributed by atoms with Crippen LogP contribution in [0.5, 0.6) is 0 Å². The number of nitrogens with zero attached hydrogens (tertiary/aromatic N) is 3. The molecular formula is C19H25Cl3N4O3. The third-order valence-corrected chi connectivity index (χ3v) is 5.08. The van der Waals surface area contributed by atoms with Gasteiger partial charge in [0.2, 0.25) is 9.70 Å². The number of morpholine rings is 1. The second-order valence-corrected chi connectivity index (χ2v) is 8.89. The monoisotopic (exact) mass is 462 g/mol. The molecule has 0 aliphatic carbocycles. The van der Waals surface area contributed by atoms with Gasteiger partial charge in [0, 0.05) is 50.7 Å². The number of carbonyl (C=O) groups is 2. The van der Waals surface area contributed by atoms with Gasteiger partial charge in [-0.15, -0.1) is 6.58 Å². The Morgan fingerprint density at radius 2 is 1.97 bits per heavy atom. The number of nitrogens with one attached hydrogen (secondary N) is 1. The number of alkyl halides is 3. The first-order chi connectivity index (χ1) is 13.8. The number of pyridine rings is 1. The van der Waals surface area contributed by atoms with Crippen LogP contribution in [0.1, 0.15) is 16.8 Å². The molecule has 1 aliphatic heterocycles. The van der Waals surface area contributed by atoms with Gasteiger partial charge in [-0.3, -0.25) is 19.5 Å². The molecule has 0 saturated carbocycles. The second-order valence-electron chi connectivity index (χ2n) is 6.52. The van der Waals surface area contributed by atoms with Crippen LogP contribution in [0, 0.1) is 0 Å². The lowest BCUT2D eigenvalue weighted by Crippen LogP contribution is -2.56. The van der Waals surface area contributed by atoms with Gasteiger partial charge in [0.15, 0.2) is 6.04 Å². The van der Waals surface area contributed by atoms with Gasteiger partial charge < -0.3 is 15.0 Å². The van der Waals surface area contributed by atoms with E-state index in [9.17, 15) is 9.59 Å². The Morgan fingerprint density at radius 3 is 2.55 bits per heavy atom. The molecular weight excluding hydrogens is 439 g/mol. The van der Waals surface area contributed by atoms with Crippen LogP contribution in [0.2, 0.25) is 0 Å². The average Bonchev–Trinajstić information content (AvgIpc) is 2.71. The van der Waals surface area contributed by atoms with Gasteiger partial charge in [-0.05, 0) is 18.6 Å². The van der Waals surface area contributed by atoms with Crippen molar-refractivity contribution in [3.63, 3.8) is 0 Å². The molecule has 2 amide bonds. The highest BCUT2D eigenvalue weighted by atomic mass is 35.6. The van der Waals surface area contributed by atoms with Gasteiger partial charge in [-0.25, -0.2) is 0 Å². The van der Waals surface area contributed by atoms with E-state index in [-0.39, 0.29) is 13.1 Å². The summed E-state index contributed by atoms with van der Waals surface area (Å²) in [6, 6.07) is 1.83. The summed E-state index contributed by atoms with van der Waals surface area (Å²) in [4.78, 5) is 33.4. The Labute approximate surface area is 185 Å². The average molecular weight is 464 g/mol. The number of hydrogen-bond acceptors (Lipinski definition) is 5. The van der Waals surface area contributed by atoms with Crippen molar-refractivity contribution < 1.29 is 14.3 Å². The molecule has 1 aromatic rings. The maximum absolute atomic E-state index is 13.2. The zero-order valence-electron chi connectivity index (χ0n) is 16.0. The lowest BCUT2D eigenvalue weighted by atomic mass is 10.1. The molecule has 1 aromatic heterocycles. The van der Waals surface area contributed by atoms with Crippen LogP contribution in [0.15, 0.2) is 37.2 Å². The number of halogens is 3. The third-order valence-electron chi connectivity index (χ3n) is 4.46. The van der Waals surface area contributed by atoms with E-state index in [0.717, 1.165) is 19.6 Å². The van der Waals surface area contributed by atoms with Crippen LogP contribution in [0.4, 0.5) is 0 Å². The summed E-state index contributed by atoms with van der Waals surface area (Å²) in [5.41, 5.74) is 0.363. The van der Waals surface area contributed by atoms with Crippen LogP contribution in [-0.2, 0) is 9.53 Å². The van der Waals surface area contributed by atoms with E-state index in [4.69, 9.17) is 39.5 Å². The predicted octanol–water partition coefficient (Wildman–Crippen LogP) is 2.29. The Bertz CT molecular complexity index is 679. The largest absolute Gasteiger partial charge is 0.379 e. The molecule has 2 rings (SSSR count). The summed E-state index contributed by atoms with van der Waals surface area (Å²) in [5.74, 6) is -0.960. The summed E-state index contributed by atoms with van der Waals surface area (Å²) in [5, 5.41) is 2.62. The first kappa shape index (κ1) is 23.9. The molecule has 160 valence electrons. The Kier molecular flexibility index (Phi) is 9.65. The first-order valence-electron chi connectivity index (χ1n) is 9.31. The van der Waals surface area contributed by atoms with E-state index in [1.54, 1.807) is 12.1 Å². The van der Waals surface area contributed by atoms with Crippen molar-refractivity contribution in [2.45, 2.75) is 16.3 Å². The molecule has 1 aliphatic rings. The van der Waals surface area contributed by atoms with Crippen molar-refractivity contribution >= 4 is 46.6 Å². The topological polar surface area (TPSA) is 74.8 Å². The van der Waals surface area contributed by atoms with Crippen molar-refractivity contribution in [2.24, 2.45) is 0 Å². The van der Waals surface area contributed by atoms with Gasteiger partial charge in [-0.1, -0.05) is 40.9 Å². The number of hydrogen-bond donors (Lipinski definition) is 1. The van der Waals surface area contributed by atoms with E-state index in [2.05, 4.69) is 21.8 Å². The molecule has 7 nitrogen and oxygen atoms in total. The molecule has 1 fully saturated rings. The molecule has 0 bridgehead atoms. The molecule has 2 heterocycles. The molecule has 1 saturated heterocycles. The Morgan fingerprint density at radius 1 is 1.31 bits per heavy atom. The molecule has 0 spiro atoms. The summed E-state index contributed by atoms with van der Waals surface area (Å²) in [6.45, 7) is 7.76. The SMILES string of the molecule is C=CCNC(=O)C(N(CCCN1CCOCC1)C(=O)c1ccncc1)C(Cl)(Cl)Cl. The van der Waals surface area contributed by atoms with Gasteiger partial charge in [0.25, 0.3) is 5.91 Å². The second kappa shape index (κ2) is 11.7. The van der Waals surface area contributed by atoms with Crippen LogP contribution in [0.25, 0.3) is 0 Å². The Hall–Kier alpha value is -1.38. The third kappa shape index (κ3) is 7.42. The smallest absolute Gasteiger partial charge is 0.254 e. The number of amides is 2. The van der Waals surface area contributed by atoms with E-state index in [1.165, 1.54) is 23.4 Å². The van der Waals surface area contributed by atoms with E-state index in [1.807, 2.05) is 0 Å². The van der Waals surface area contributed by atoms with E-state index < -0.39 is 21.6 Å². The molecule has 10 heteroatoms. The fourth-order valence-electron chi connectivity index (χ4n) is 3.03. The molecule has 29 heavy (non-hydrogen) atoms. The number of carbonyl (C=O) groups excluding carboxylic acids is 2. The van der Waals surface area contributed by atoms with Crippen LogP contribution in [-0.4, -0.2) is 82.4 Å². The van der Waals surface area contributed by atoms with E-state index >= 15 is 0 Å². The zero-order chi connectivity index (χ0) is 21.3. The van der Waals surface area contributed by atoms with Crippen molar-refractivity contribution in [1.82, 2.24) is 20.1 Å². The summed E-state index contributed by atoms with van der Waals surface area (Å²) in [6.07, 6.45) is 5.13. The lowest BCUT2D eigenvalue weighted by Gasteiger charge is -2.35. The van der Waals surface area contributed by atoms with Crippen molar-refractivity contribution in [1.29, 1.82) is 0 Å². The van der Waals surface area contributed by atoms with Gasteiger partial charge in [-0.2, -0.15) is 0 Å². The van der Waals surface area contributed by atoms with Gasteiger partial charge in [0.1, 0.15) is 0 Å².